The standard InChI is InChI=1S/C13H17N7S/c1-7-4-10-11(16-13(18-14)17-12(10)21-7)15-5-9-6-20(3)19-8(9)2/h4,6H,5,14H2,1-3H3,(H2,15,16,17,18). The van der Waals surface area contributed by atoms with Gasteiger partial charge in [-0.2, -0.15) is 10.1 Å². The third kappa shape index (κ3) is 2.67. The topological polar surface area (TPSA) is 93.7 Å². The van der Waals surface area contributed by atoms with Crippen molar-refractivity contribution < 1.29 is 0 Å². The number of hydrazine groups is 1. The van der Waals surface area contributed by atoms with Crippen LogP contribution in [-0.4, -0.2) is 19.7 Å². The van der Waals surface area contributed by atoms with E-state index in [1.54, 1.807) is 11.3 Å². The number of rotatable bonds is 4. The number of thiophene rings is 1. The highest BCUT2D eigenvalue weighted by Gasteiger charge is 2.11. The number of aromatic nitrogens is 4. The summed E-state index contributed by atoms with van der Waals surface area (Å²) in [6, 6.07) is 2.08. The van der Waals surface area contributed by atoms with E-state index in [1.165, 1.54) is 4.88 Å². The fourth-order valence-corrected chi connectivity index (χ4v) is 3.12. The van der Waals surface area contributed by atoms with Crippen LogP contribution in [0.3, 0.4) is 0 Å². The highest BCUT2D eigenvalue weighted by Crippen LogP contribution is 2.29. The molecule has 3 aromatic rings. The van der Waals surface area contributed by atoms with Gasteiger partial charge in [0.15, 0.2) is 0 Å². The Kier molecular flexibility index (Phi) is 3.48. The molecule has 3 aromatic heterocycles. The van der Waals surface area contributed by atoms with Crippen molar-refractivity contribution in [3.63, 3.8) is 0 Å². The van der Waals surface area contributed by atoms with E-state index < -0.39 is 0 Å². The molecule has 3 heterocycles. The number of nitrogens with two attached hydrogens (primary N) is 1. The highest BCUT2D eigenvalue weighted by molar-refractivity contribution is 7.18. The number of anilines is 2. The zero-order chi connectivity index (χ0) is 15.0. The van der Waals surface area contributed by atoms with Crippen molar-refractivity contribution in [3.8, 4) is 0 Å². The Morgan fingerprint density at radius 1 is 1.33 bits per heavy atom. The van der Waals surface area contributed by atoms with Crippen LogP contribution >= 0.6 is 11.3 Å². The number of aryl methyl sites for hydroxylation is 3. The second kappa shape index (κ2) is 5.30. The van der Waals surface area contributed by atoms with E-state index in [4.69, 9.17) is 5.84 Å². The molecule has 0 saturated carbocycles. The number of hydrogen-bond acceptors (Lipinski definition) is 7. The number of nitrogens with one attached hydrogen (secondary N) is 2. The van der Waals surface area contributed by atoms with Gasteiger partial charge in [-0.3, -0.25) is 10.1 Å². The van der Waals surface area contributed by atoms with Crippen molar-refractivity contribution in [1.29, 1.82) is 0 Å². The average Bonchev–Trinajstić information content (AvgIpc) is 2.97. The second-order valence-corrected chi connectivity index (χ2v) is 6.12. The molecule has 0 atom stereocenters. The van der Waals surface area contributed by atoms with Crippen LogP contribution in [-0.2, 0) is 13.6 Å². The van der Waals surface area contributed by atoms with Crippen LogP contribution in [0.5, 0.6) is 0 Å². The summed E-state index contributed by atoms with van der Waals surface area (Å²) < 4.78 is 1.81. The third-order valence-corrected chi connectivity index (χ3v) is 4.15. The first-order chi connectivity index (χ1) is 10.1. The first-order valence-electron chi connectivity index (χ1n) is 6.54. The fraction of sp³-hybridized carbons (Fsp3) is 0.308. The molecule has 21 heavy (non-hydrogen) atoms. The van der Waals surface area contributed by atoms with E-state index in [1.807, 2.05) is 24.9 Å². The molecule has 0 aromatic carbocycles. The van der Waals surface area contributed by atoms with E-state index in [2.05, 4.69) is 38.8 Å². The normalized spacial score (nSPS) is 11.0. The van der Waals surface area contributed by atoms with Gasteiger partial charge in [0.1, 0.15) is 10.6 Å². The first-order valence-corrected chi connectivity index (χ1v) is 7.36. The van der Waals surface area contributed by atoms with Gasteiger partial charge in [0.2, 0.25) is 5.95 Å². The Morgan fingerprint density at radius 3 is 2.81 bits per heavy atom. The summed E-state index contributed by atoms with van der Waals surface area (Å²) in [4.78, 5) is 10.9. The molecule has 0 unspecified atom stereocenters. The number of nitrogen functional groups attached to an aromatic ring is 1. The van der Waals surface area contributed by atoms with Crippen LogP contribution in [0.2, 0.25) is 0 Å². The predicted molar refractivity (Wildman–Crippen MR) is 85.2 cm³/mol. The molecular formula is C13H17N7S. The highest BCUT2D eigenvalue weighted by atomic mass is 32.1. The quantitative estimate of drug-likeness (QED) is 0.504. The summed E-state index contributed by atoms with van der Waals surface area (Å²) in [6.45, 7) is 4.70. The van der Waals surface area contributed by atoms with Crippen LogP contribution in [0.1, 0.15) is 16.1 Å². The molecule has 0 fully saturated rings. The minimum absolute atomic E-state index is 0.412. The molecule has 110 valence electrons. The Labute approximate surface area is 126 Å². The van der Waals surface area contributed by atoms with Gasteiger partial charge in [-0.05, 0) is 19.9 Å². The van der Waals surface area contributed by atoms with E-state index in [9.17, 15) is 0 Å². The number of nitrogens with zero attached hydrogens (tertiary/aromatic N) is 4. The second-order valence-electron chi connectivity index (χ2n) is 4.88. The molecule has 0 aliphatic heterocycles. The molecule has 0 amide bonds. The fourth-order valence-electron chi connectivity index (χ4n) is 2.24. The van der Waals surface area contributed by atoms with Gasteiger partial charge in [0, 0.05) is 30.2 Å². The third-order valence-electron chi connectivity index (χ3n) is 3.21. The van der Waals surface area contributed by atoms with Crippen molar-refractivity contribution in [2.24, 2.45) is 12.9 Å². The van der Waals surface area contributed by atoms with Gasteiger partial charge in [-0.1, -0.05) is 0 Å². The zero-order valence-corrected chi connectivity index (χ0v) is 13.0. The number of fused-ring (bicyclic) bond motifs is 1. The summed E-state index contributed by atoms with van der Waals surface area (Å²) in [5.74, 6) is 6.63. The maximum atomic E-state index is 5.44. The SMILES string of the molecule is Cc1cc2c(NCc3cn(C)nc3C)nc(NN)nc2s1. The minimum atomic E-state index is 0.412. The van der Waals surface area contributed by atoms with E-state index in [0.717, 1.165) is 27.3 Å². The van der Waals surface area contributed by atoms with E-state index in [0.29, 0.717) is 12.5 Å². The summed E-state index contributed by atoms with van der Waals surface area (Å²) in [7, 11) is 1.91. The first kappa shape index (κ1) is 13.8. The maximum absolute atomic E-state index is 5.44. The zero-order valence-electron chi connectivity index (χ0n) is 12.1. The largest absolute Gasteiger partial charge is 0.365 e. The molecule has 8 heteroatoms. The van der Waals surface area contributed by atoms with E-state index >= 15 is 0 Å². The van der Waals surface area contributed by atoms with Gasteiger partial charge < -0.3 is 5.32 Å². The van der Waals surface area contributed by atoms with Crippen molar-refractivity contribution in [2.45, 2.75) is 20.4 Å². The van der Waals surface area contributed by atoms with Gasteiger partial charge >= 0.3 is 0 Å². The Morgan fingerprint density at radius 2 is 2.14 bits per heavy atom. The van der Waals surface area contributed by atoms with Crippen molar-refractivity contribution in [2.75, 3.05) is 10.7 Å². The van der Waals surface area contributed by atoms with Crippen LogP contribution in [0, 0.1) is 13.8 Å². The van der Waals surface area contributed by atoms with Crippen molar-refractivity contribution in [1.82, 2.24) is 19.7 Å². The van der Waals surface area contributed by atoms with Crippen LogP contribution < -0.4 is 16.6 Å². The lowest BCUT2D eigenvalue weighted by atomic mass is 10.2. The Bertz CT molecular complexity index is 789. The Hall–Kier alpha value is -2.19. The molecule has 4 N–H and O–H groups in total. The van der Waals surface area contributed by atoms with Crippen LogP contribution in [0.15, 0.2) is 12.3 Å². The van der Waals surface area contributed by atoms with Crippen molar-refractivity contribution >= 4 is 33.3 Å². The average molecular weight is 303 g/mol. The van der Waals surface area contributed by atoms with Gasteiger partial charge in [0.05, 0.1) is 11.1 Å². The minimum Gasteiger partial charge on any atom is -0.365 e. The van der Waals surface area contributed by atoms with Crippen molar-refractivity contribution in [3.05, 3.63) is 28.4 Å². The molecule has 0 aliphatic carbocycles. The molecular weight excluding hydrogens is 286 g/mol. The summed E-state index contributed by atoms with van der Waals surface area (Å²) in [5, 5.41) is 8.70. The lowest BCUT2D eigenvalue weighted by Gasteiger charge is -2.08. The molecule has 0 saturated heterocycles. The Balaban J connectivity index is 1.93. The molecule has 3 rings (SSSR count). The molecule has 0 aliphatic rings. The number of hydrogen-bond donors (Lipinski definition) is 3. The van der Waals surface area contributed by atoms with Gasteiger partial charge in [0.25, 0.3) is 0 Å². The van der Waals surface area contributed by atoms with E-state index in [-0.39, 0.29) is 0 Å². The monoisotopic (exact) mass is 303 g/mol. The summed E-state index contributed by atoms with van der Waals surface area (Å²) in [5.41, 5.74) is 4.66. The lowest BCUT2D eigenvalue weighted by molar-refractivity contribution is 0.756. The molecule has 7 nitrogen and oxygen atoms in total. The van der Waals surface area contributed by atoms with Gasteiger partial charge in [-0.25, -0.2) is 10.8 Å². The molecule has 0 spiro atoms. The van der Waals surface area contributed by atoms with Gasteiger partial charge in [-0.15, -0.1) is 11.3 Å². The maximum Gasteiger partial charge on any atom is 0.240 e. The lowest BCUT2D eigenvalue weighted by Crippen LogP contribution is -2.12. The molecule has 0 radical (unpaired) electrons. The summed E-state index contributed by atoms with van der Waals surface area (Å²) >= 11 is 1.62. The predicted octanol–water partition coefficient (Wildman–Crippen LogP) is 1.94. The van der Waals surface area contributed by atoms with Crippen LogP contribution in [0.4, 0.5) is 11.8 Å². The summed E-state index contributed by atoms with van der Waals surface area (Å²) in [6.07, 6.45) is 2.00. The van der Waals surface area contributed by atoms with Crippen LogP contribution in [0.25, 0.3) is 10.2 Å². The molecule has 0 bridgehead atoms. The smallest absolute Gasteiger partial charge is 0.240 e.